The first-order valence-electron chi connectivity index (χ1n) is 11.2. The third kappa shape index (κ3) is 2.96. The number of nitrogen functional groups attached to an aromatic ring is 1. The van der Waals surface area contributed by atoms with Crippen molar-refractivity contribution >= 4 is 11.5 Å². The van der Waals surface area contributed by atoms with Gasteiger partial charge in [-0.1, -0.05) is 24.3 Å². The van der Waals surface area contributed by atoms with Crippen LogP contribution < -0.4 is 5.73 Å². The van der Waals surface area contributed by atoms with E-state index in [1.165, 1.54) is 12.0 Å². The summed E-state index contributed by atoms with van der Waals surface area (Å²) in [5, 5.41) is 11.7. The Bertz CT molecular complexity index is 920. The number of carbonyl (C=O) groups is 1. The molecular weight excluding hydrogens is 358 g/mol. The normalized spacial score (nSPS) is 40.8. The van der Waals surface area contributed by atoms with Crippen LogP contribution in [0, 0.1) is 40.9 Å². The molecule has 29 heavy (non-hydrogen) atoms. The van der Waals surface area contributed by atoms with Gasteiger partial charge in [0.1, 0.15) is 5.60 Å². The number of aliphatic hydroxyl groups is 1. The number of carbonyl (C=O) groups excluding carboxylic acids is 1. The monoisotopic (exact) mass is 389 g/mol. The number of anilines is 1. The fraction of sp³-hybridized carbons (Fsp3) is 0.577. The minimum atomic E-state index is -0.914. The van der Waals surface area contributed by atoms with Gasteiger partial charge in [-0.3, -0.25) is 4.79 Å². The Morgan fingerprint density at radius 1 is 1.03 bits per heavy atom. The smallest absolute Gasteiger partial charge is 0.155 e. The van der Waals surface area contributed by atoms with Crippen LogP contribution >= 0.6 is 0 Å². The number of allylic oxidation sites excluding steroid dienone is 1. The van der Waals surface area contributed by atoms with E-state index < -0.39 is 5.60 Å². The molecule has 3 heteroatoms. The molecule has 0 amide bonds. The van der Waals surface area contributed by atoms with Crippen molar-refractivity contribution in [1.29, 1.82) is 0 Å². The van der Waals surface area contributed by atoms with Crippen LogP contribution in [0.5, 0.6) is 0 Å². The van der Waals surface area contributed by atoms with Gasteiger partial charge in [0.05, 0.1) is 0 Å². The summed E-state index contributed by atoms with van der Waals surface area (Å²) in [7, 11) is 0. The molecule has 5 rings (SSSR count). The third-order valence-corrected chi connectivity index (χ3v) is 8.78. The Morgan fingerprint density at radius 3 is 2.62 bits per heavy atom. The molecule has 0 unspecified atom stereocenters. The largest absolute Gasteiger partial charge is 0.399 e. The highest BCUT2D eigenvalue weighted by Crippen LogP contribution is 2.64. The van der Waals surface area contributed by atoms with Crippen LogP contribution in [0.4, 0.5) is 5.69 Å². The molecule has 1 aromatic carbocycles. The van der Waals surface area contributed by atoms with Crippen LogP contribution in [0.3, 0.4) is 0 Å². The lowest BCUT2D eigenvalue weighted by Crippen LogP contribution is -2.52. The summed E-state index contributed by atoms with van der Waals surface area (Å²) >= 11 is 0. The molecule has 0 saturated heterocycles. The van der Waals surface area contributed by atoms with Crippen molar-refractivity contribution < 1.29 is 9.90 Å². The SMILES string of the molecule is C[C@]12CC[C@@H]3[C@@H](CCC4=CC(=O)CC[C@@H]43)[C@H]1CC[C@]2(O)C#Cc1ccc(N)cc1. The van der Waals surface area contributed by atoms with Crippen LogP contribution in [0.1, 0.15) is 63.9 Å². The van der Waals surface area contributed by atoms with Gasteiger partial charge in [0.25, 0.3) is 0 Å². The van der Waals surface area contributed by atoms with Crippen molar-refractivity contribution in [3.8, 4) is 11.8 Å². The maximum Gasteiger partial charge on any atom is 0.155 e. The fourth-order valence-corrected chi connectivity index (χ4v) is 7.14. The van der Waals surface area contributed by atoms with E-state index in [0.29, 0.717) is 29.5 Å². The quantitative estimate of drug-likeness (QED) is 0.507. The molecule has 3 saturated carbocycles. The molecule has 3 fully saturated rings. The van der Waals surface area contributed by atoms with Gasteiger partial charge in [-0.2, -0.15) is 0 Å². The Labute approximate surface area is 173 Å². The number of fused-ring (bicyclic) bond motifs is 5. The summed E-state index contributed by atoms with van der Waals surface area (Å²) in [6, 6.07) is 7.58. The van der Waals surface area contributed by atoms with Crippen molar-refractivity contribution in [2.45, 2.75) is 63.9 Å². The number of nitrogens with two attached hydrogens (primary N) is 1. The zero-order valence-electron chi connectivity index (χ0n) is 17.3. The van der Waals surface area contributed by atoms with Gasteiger partial charge in [-0.05, 0) is 99.0 Å². The number of hydrogen-bond donors (Lipinski definition) is 2. The first-order valence-corrected chi connectivity index (χ1v) is 11.2. The third-order valence-electron chi connectivity index (χ3n) is 8.78. The molecule has 0 radical (unpaired) electrons. The molecule has 0 aliphatic heterocycles. The Kier molecular flexibility index (Phi) is 4.40. The number of hydrogen-bond acceptors (Lipinski definition) is 3. The van der Waals surface area contributed by atoms with Gasteiger partial charge in [0.15, 0.2) is 5.78 Å². The zero-order chi connectivity index (χ0) is 20.2. The highest BCUT2D eigenvalue weighted by atomic mass is 16.3. The standard InChI is InChI=1S/C26H31NO2/c1-25-13-11-22-21-9-7-20(28)16-18(21)4-8-23(22)24(25)12-15-26(25,29)14-10-17-2-5-19(27)6-3-17/h2-3,5-6,16,21-24,29H,4,7-9,11-13,15,27H2,1H3/t21-,22-,23+,24+,25-,26+/m0/s1. The second kappa shape index (κ2) is 6.74. The van der Waals surface area contributed by atoms with Gasteiger partial charge in [0, 0.05) is 23.1 Å². The maximum absolute atomic E-state index is 11.9. The molecule has 0 bridgehead atoms. The maximum atomic E-state index is 11.9. The van der Waals surface area contributed by atoms with Gasteiger partial charge < -0.3 is 10.8 Å². The second-order valence-corrected chi connectivity index (χ2v) is 10.0. The van der Waals surface area contributed by atoms with Crippen molar-refractivity contribution in [2.75, 3.05) is 5.73 Å². The Hall–Kier alpha value is -2.05. The van der Waals surface area contributed by atoms with Crippen LogP contribution in [0.2, 0.25) is 0 Å². The molecule has 152 valence electrons. The molecule has 0 heterocycles. The molecular formula is C26H31NO2. The van der Waals surface area contributed by atoms with E-state index in [2.05, 4.69) is 18.8 Å². The van der Waals surface area contributed by atoms with Crippen molar-refractivity contribution in [2.24, 2.45) is 29.1 Å². The van der Waals surface area contributed by atoms with E-state index in [1.54, 1.807) is 0 Å². The molecule has 0 aromatic heterocycles. The second-order valence-electron chi connectivity index (χ2n) is 10.0. The van der Waals surface area contributed by atoms with E-state index >= 15 is 0 Å². The molecule has 1 aromatic rings. The van der Waals surface area contributed by atoms with Crippen LogP contribution in [0.15, 0.2) is 35.9 Å². The van der Waals surface area contributed by atoms with Crippen LogP contribution in [-0.2, 0) is 4.79 Å². The zero-order valence-corrected chi connectivity index (χ0v) is 17.3. The molecule has 0 spiro atoms. The average molecular weight is 390 g/mol. The molecule has 4 aliphatic carbocycles. The molecule has 3 N–H and O–H groups in total. The van der Waals surface area contributed by atoms with E-state index in [0.717, 1.165) is 56.2 Å². The van der Waals surface area contributed by atoms with E-state index in [1.807, 2.05) is 30.3 Å². The van der Waals surface area contributed by atoms with Crippen molar-refractivity contribution in [1.82, 2.24) is 0 Å². The first-order chi connectivity index (χ1) is 13.9. The van der Waals surface area contributed by atoms with Crippen molar-refractivity contribution in [3.63, 3.8) is 0 Å². The summed E-state index contributed by atoms with van der Waals surface area (Å²) in [5.74, 6) is 9.34. The summed E-state index contributed by atoms with van der Waals surface area (Å²) in [4.78, 5) is 11.9. The Balaban J connectivity index is 1.41. The molecule has 3 nitrogen and oxygen atoms in total. The fourth-order valence-electron chi connectivity index (χ4n) is 7.14. The number of ketones is 1. The van der Waals surface area contributed by atoms with E-state index in [9.17, 15) is 9.90 Å². The predicted octanol–water partition coefficient (Wildman–Crippen LogP) is 4.49. The van der Waals surface area contributed by atoms with E-state index in [4.69, 9.17) is 5.73 Å². The number of rotatable bonds is 0. The van der Waals surface area contributed by atoms with Crippen molar-refractivity contribution in [3.05, 3.63) is 41.5 Å². The average Bonchev–Trinajstić information content (AvgIpc) is 2.98. The molecule has 6 atom stereocenters. The topological polar surface area (TPSA) is 63.3 Å². The summed E-state index contributed by atoms with van der Waals surface area (Å²) in [6.45, 7) is 2.29. The summed E-state index contributed by atoms with van der Waals surface area (Å²) < 4.78 is 0. The number of benzene rings is 1. The lowest BCUT2D eigenvalue weighted by Gasteiger charge is -2.54. The molecule has 4 aliphatic rings. The lowest BCUT2D eigenvalue weighted by atomic mass is 9.50. The Morgan fingerprint density at radius 2 is 1.83 bits per heavy atom. The van der Waals surface area contributed by atoms with E-state index in [-0.39, 0.29) is 5.41 Å². The van der Waals surface area contributed by atoms with Gasteiger partial charge in [-0.25, -0.2) is 0 Å². The summed E-state index contributed by atoms with van der Waals surface area (Å²) in [6.07, 6.45) is 9.97. The summed E-state index contributed by atoms with van der Waals surface area (Å²) in [5.41, 5.74) is 7.78. The first kappa shape index (κ1) is 18.9. The minimum Gasteiger partial charge on any atom is -0.399 e. The highest BCUT2D eigenvalue weighted by molar-refractivity contribution is 5.91. The van der Waals surface area contributed by atoms with Gasteiger partial charge in [0.2, 0.25) is 0 Å². The predicted molar refractivity (Wildman–Crippen MR) is 115 cm³/mol. The van der Waals surface area contributed by atoms with Crippen LogP contribution in [0.25, 0.3) is 0 Å². The van der Waals surface area contributed by atoms with Gasteiger partial charge >= 0.3 is 0 Å². The highest BCUT2D eigenvalue weighted by Gasteiger charge is 2.62. The van der Waals surface area contributed by atoms with Gasteiger partial charge in [-0.15, -0.1) is 0 Å². The minimum absolute atomic E-state index is 0.138. The van der Waals surface area contributed by atoms with Crippen LogP contribution in [-0.4, -0.2) is 16.5 Å². The lowest BCUT2D eigenvalue weighted by molar-refractivity contribution is -0.116.